The molecule has 0 saturated heterocycles. The first-order valence-electron chi connectivity index (χ1n) is 5.04. The lowest BCUT2D eigenvalue weighted by Crippen LogP contribution is -2.17. The largest absolute Gasteiger partial charge is 0.392 e. The van der Waals surface area contributed by atoms with Gasteiger partial charge in [-0.25, -0.2) is 8.78 Å². The Morgan fingerprint density at radius 2 is 1.80 bits per heavy atom. The summed E-state index contributed by atoms with van der Waals surface area (Å²) >= 11 is 0. The normalized spacial score (nSPS) is 13.5. The third-order valence-corrected chi connectivity index (χ3v) is 2.57. The maximum atomic E-state index is 12.9. The Balaban J connectivity index is 3.10. The van der Waals surface area contributed by atoms with Crippen molar-refractivity contribution in [2.45, 2.75) is 32.8 Å². The summed E-state index contributed by atoms with van der Waals surface area (Å²) in [5.74, 6) is -0.939. The fraction of sp³-hybridized carbons (Fsp3) is 0.500. The molecule has 0 aliphatic rings. The van der Waals surface area contributed by atoms with Crippen molar-refractivity contribution in [1.82, 2.24) is 0 Å². The summed E-state index contributed by atoms with van der Waals surface area (Å²) in [4.78, 5) is 0. The molecule has 0 radical (unpaired) electrons. The Hall–Kier alpha value is -0.960. The van der Waals surface area contributed by atoms with Gasteiger partial charge in [0.2, 0.25) is 6.43 Å². The van der Waals surface area contributed by atoms with Crippen LogP contribution in [0, 0.1) is 5.92 Å². The van der Waals surface area contributed by atoms with Crippen LogP contribution in [0.3, 0.4) is 0 Å². The van der Waals surface area contributed by atoms with Crippen molar-refractivity contribution in [3.8, 4) is 0 Å². The van der Waals surface area contributed by atoms with Crippen LogP contribution in [0.25, 0.3) is 0 Å². The topological polar surface area (TPSA) is 20.2 Å². The molecule has 0 amide bonds. The molecule has 0 aliphatic heterocycles. The Morgan fingerprint density at radius 1 is 1.20 bits per heavy atom. The lowest BCUT2D eigenvalue weighted by atomic mass is 9.86. The third kappa shape index (κ3) is 2.75. The zero-order chi connectivity index (χ0) is 11.4. The number of rotatable bonds is 4. The molecule has 1 nitrogen and oxygen atoms in total. The van der Waals surface area contributed by atoms with E-state index in [4.69, 9.17) is 5.11 Å². The fourth-order valence-electron chi connectivity index (χ4n) is 1.79. The van der Waals surface area contributed by atoms with Crippen LogP contribution in [-0.4, -0.2) is 11.5 Å². The van der Waals surface area contributed by atoms with Crippen molar-refractivity contribution in [3.63, 3.8) is 0 Å². The highest BCUT2D eigenvalue weighted by atomic mass is 19.3. The molecule has 84 valence electrons. The molecule has 1 N–H and O–H groups in total. The number of hydrogen-bond donors (Lipinski definition) is 1. The molecule has 1 aromatic rings. The summed E-state index contributed by atoms with van der Waals surface area (Å²) in [5.41, 5.74) is 1.15. The van der Waals surface area contributed by atoms with E-state index in [-0.39, 0.29) is 12.5 Å². The number of hydrogen-bond acceptors (Lipinski definition) is 1. The van der Waals surface area contributed by atoms with Crippen LogP contribution in [0.2, 0.25) is 0 Å². The zero-order valence-corrected chi connectivity index (χ0v) is 8.95. The first-order valence-corrected chi connectivity index (χ1v) is 5.04. The summed E-state index contributed by atoms with van der Waals surface area (Å²) in [6, 6.07) is 6.83. The first kappa shape index (κ1) is 12.1. The van der Waals surface area contributed by atoms with E-state index >= 15 is 0 Å². The quantitative estimate of drug-likeness (QED) is 0.816. The lowest BCUT2D eigenvalue weighted by molar-refractivity contribution is 0.0923. The third-order valence-electron chi connectivity index (χ3n) is 2.57. The van der Waals surface area contributed by atoms with Crippen molar-refractivity contribution in [1.29, 1.82) is 0 Å². The van der Waals surface area contributed by atoms with Gasteiger partial charge in [0.15, 0.2) is 0 Å². The van der Waals surface area contributed by atoms with Gasteiger partial charge in [-0.15, -0.1) is 0 Å². The van der Waals surface area contributed by atoms with Crippen molar-refractivity contribution < 1.29 is 13.9 Å². The van der Waals surface area contributed by atoms with E-state index in [1.54, 1.807) is 38.1 Å². The minimum Gasteiger partial charge on any atom is -0.392 e. The van der Waals surface area contributed by atoms with Gasteiger partial charge < -0.3 is 5.11 Å². The molecular formula is C12H16F2O. The van der Waals surface area contributed by atoms with Crippen LogP contribution >= 0.6 is 0 Å². The predicted octanol–water partition coefficient (Wildman–Crippen LogP) is 3.18. The summed E-state index contributed by atoms with van der Waals surface area (Å²) in [6.07, 6.45) is -2.39. The molecule has 15 heavy (non-hydrogen) atoms. The van der Waals surface area contributed by atoms with Crippen molar-refractivity contribution >= 4 is 0 Å². The van der Waals surface area contributed by atoms with E-state index < -0.39 is 12.3 Å². The minimum atomic E-state index is -2.39. The molecular weight excluding hydrogens is 198 g/mol. The van der Waals surface area contributed by atoms with E-state index in [0.29, 0.717) is 11.1 Å². The zero-order valence-electron chi connectivity index (χ0n) is 8.95. The minimum absolute atomic E-state index is 0.141. The van der Waals surface area contributed by atoms with Gasteiger partial charge in [-0.05, 0) is 17.0 Å². The van der Waals surface area contributed by atoms with E-state index in [0.717, 1.165) is 0 Å². The molecule has 0 bridgehead atoms. The van der Waals surface area contributed by atoms with Crippen LogP contribution in [0.4, 0.5) is 8.78 Å². The highest BCUT2D eigenvalue weighted by Crippen LogP contribution is 2.32. The number of benzene rings is 1. The molecule has 0 fully saturated rings. The van der Waals surface area contributed by atoms with Gasteiger partial charge in [0.05, 0.1) is 6.61 Å². The maximum Gasteiger partial charge on any atom is 0.245 e. The highest BCUT2D eigenvalue weighted by molar-refractivity contribution is 5.30. The number of aliphatic hydroxyl groups is 1. The number of alkyl halides is 2. The van der Waals surface area contributed by atoms with Gasteiger partial charge in [-0.2, -0.15) is 0 Å². The monoisotopic (exact) mass is 214 g/mol. The second-order valence-corrected chi connectivity index (χ2v) is 3.96. The van der Waals surface area contributed by atoms with Crippen LogP contribution in [0.5, 0.6) is 0 Å². The number of halogens is 2. The van der Waals surface area contributed by atoms with Gasteiger partial charge in [-0.1, -0.05) is 38.1 Å². The van der Waals surface area contributed by atoms with Crippen LogP contribution in [0.15, 0.2) is 24.3 Å². The Labute approximate surface area is 88.7 Å². The lowest BCUT2D eigenvalue weighted by Gasteiger charge is -2.22. The Bertz CT molecular complexity index is 302. The molecule has 0 aliphatic carbocycles. The van der Waals surface area contributed by atoms with Crippen molar-refractivity contribution in [2.24, 2.45) is 5.92 Å². The summed E-state index contributed by atoms with van der Waals surface area (Å²) in [6.45, 7) is 3.35. The van der Waals surface area contributed by atoms with E-state index in [2.05, 4.69) is 0 Å². The van der Waals surface area contributed by atoms with Crippen LogP contribution in [-0.2, 0) is 6.61 Å². The average molecular weight is 214 g/mol. The van der Waals surface area contributed by atoms with Crippen LogP contribution < -0.4 is 0 Å². The fourth-order valence-corrected chi connectivity index (χ4v) is 1.79. The summed E-state index contributed by atoms with van der Waals surface area (Å²) in [7, 11) is 0. The molecule has 0 spiro atoms. The second-order valence-electron chi connectivity index (χ2n) is 3.96. The molecule has 0 heterocycles. The van der Waals surface area contributed by atoms with Gasteiger partial charge in [0.25, 0.3) is 0 Å². The molecule has 1 atom stereocenters. The predicted molar refractivity (Wildman–Crippen MR) is 55.9 cm³/mol. The Kier molecular flexibility index (Phi) is 4.21. The molecule has 0 aromatic heterocycles. The highest BCUT2D eigenvalue weighted by Gasteiger charge is 2.27. The summed E-state index contributed by atoms with van der Waals surface area (Å²) < 4.78 is 25.7. The molecule has 1 aromatic carbocycles. The summed E-state index contributed by atoms with van der Waals surface area (Å²) in [5, 5.41) is 9.09. The van der Waals surface area contributed by atoms with Gasteiger partial charge in [0, 0.05) is 5.92 Å². The van der Waals surface area contributed by atoms with Gasteiger partial charge >= 0.3 is 0 Å². The van der Waals surface area contributed by atoms with Crippen LogP contribution in [0.1, 0.15) is 30.9 Å². The molecule has 3 heteroatoms. The first-order chi connectivity index (χ1) is 7.07. The van der Waals surface area contributed by atoms with Gasteiger partial charge in [0.1, 0.15) is 0 Å². The average Bonchev–Trinajstić information content (AvgIpc) is 2.17. The second kappa shape index (κ2) is 5.21. The van der Waals surface area contributed by atoms with Gasteiger partial charge in [-0.3, -0.25) is 0 Å². The maximum absolute atomic E-state index is 12.9. The molecule has 0 saturated carbocycles. The smallest absolute Gasteiger partial charge is 0.245 e. The standard InChI is InChI=1S/C12H16F2O/c1-8(2)11(12(13)14)10-6-4-3-5-9(10)7-15/h3-6,8,11-12,15H,7H2,1-2H3. The van der Waals surface area contributed by atoms with E-state index in [1.807, 2.05) is 0 Å². The molecule has 1 unspecified atom stereocenters. The number of aliphatic hydroxyl groups excluding tert-OH is 1. The van der Waals surface area contributed by atoms with Crippen molar-refractivity contribution in [3.05, 3.63) is 35.4 Å². The van der Waals surface area contributed by atoms with Crippen molar-refractivity contribution in [2.75, 3.05) is 0 Å². The van der Waals surface area contributed by atoms with E-state index in [9.17, 15) is 8.78 Å². The molecule has 1 rings (SSSR count). The van der Waals surface area contributed by atoms with E-state index in [1.165, 1.54) is 0 Å². The Morgan fingerprint density at radius 3 is 2.27 bits per heavy atom. The SMILES string of the molecule is CC(C)C(c1ccccc1CO)C(F)F.